The van der Waals surface area contributed by atoms with E-state index in [1.807, 2.05) is 20.8 Å². The smallest absolute Gasteiger partial charge is 0.271 e. The third-order valence-corrected chi connectivity index (χ3v) is 3.65. The minimum atomic E-state index is -0.264. The third kappa shape index (κ3) is 2.97. The summed E-state index contributed by atoms with van der Waals surface area (Å²) in [4.78, 5) is 12.9. The standard InChI is InChI=1S/C18H26N2O/c1-12-8-10-13(11-9-12)15-14(17(2,3)4)16(21)20(19-15)18(5,6)7/h8-11,19H,1-7H3. The lowest BCUT2D eigenvalue weighted by molar-refractivity contribution is 0.344. The lowest BCUT2D eigenvalue weighted by Crippen LogP contribution is -2.35. The van der Waals surface area contributed by atoms with Crippen molar-refractivity contribution < 1.29 is 0 Å². The van der Waals surface area contributed by atoms with Gasteiger partial charge in [-0.3, -0.25) is 9.89 Å². The summed E-state index contributed by atoms with van der Waals surface area (Å²) in [6.45, 7) is 14.4. The number of aromatic nitrogens is 2. The quantitative estimate of drug-likeness (QED) is 0.838. The van der Waals surface area contributed by atoms with Gasteiger partial charge in [-0.2, -0.15) is 0 Å². The number of hydrogen-bond acceptors (Lipinski definition) is 1. The van der Waals surface area contributed by atoms with Crippen molar-refractivity contribution in [2.75, 3.05) is 0 Å². The molecule has 3 heteroatoms. The van der Waals surface area contributed by atoms with Crippen LogP contribution < -0.4 is 5.56 Å². The third-order valence-electron chi connectivity index (χ3n) is 3.65. The minimum Gasteiger partial charge on any atom is -0.294 e. The van der Waals surface area contributed by atoms with Crippen molar-refractivity contribution in [3.05, 3.63) is 45.7 Å². The highest BCUT2D eigenvalue weighted by atomic mass is 16.1. The van der Waals surface area contributed by atoms with E-state index in [0.717, 1.165) is 16.8 Å². The van der Waals surface area contributed by atoms with Crippen LogP contribution in [0.15, 0.2) is 29.1 Å². The summed E-state index contributed by atoms with van der Waals surface area (Å²) in [7, 11) is 0. The molecule has 0 aliphatic heterocycles. The first-order valence-electron chi connectivity index (χ1n) is 7.45. The minimum absolute atomic E-state index is 0.0746. The topological polar surface area (TPSA) is 37.8 Å². The molecule has 1 heterocycles. The zero-order valence-corrected chi connectivity index (χ0v) is 14.2. The van der Waals surface area contributed by atoms with Gasteiger partial charge in [0.15, 0.2) is 0 Å². The summed E-state index contributed by atoms with van der Waals surface area (Å²) < 4.78 is 1.74. The van der Waals surface area contributed by atoms with Crippen molar-refractivity contribution in [2.24, 2.45) is 0 Å². The Morgan fingerprint density at radius 3 is 1.90 bits per heavy atom. The first-order valence-corrected chi connectivity index (χ1v) is 7.45. The number of benzene rings is 1. The molecule has 114 valence electrons. The molecule has 0 bridgehead atoms. The number of aryl methyl sites for hydroxylation is 1. The Morgan fingerprint density at radius 1 is 0.952 bits per heavy atom. The molecule has 0 fully saturated rings. The van der Waals surface area contributed by atoms with Gasteiger partial charge in [-0.25, -0.2) is 4.68 Å². The lowest BCUT2D eigenvalue weighted by Gasteiger charge is -2.19. The Bertz CT molecular complexity index is 689. The van der Waals surface area contributed by atoms with E-state index in [-0.39, 0.29) is 16.5 Å². The molecular weight excluding hydrogens is 260 g/mol. The second-order valence-electron chi connectivity index (χ2n) is 7.79. The molecule has 2 aromatic rings. The average molecular weight is 286 g/mol. The van der Waals surface area contributed by atoms with Gasteiger partial charge < -0.3 is 0 Å². The maximum Gasteiger partial charge on any atom is 0.271 e. The normalized spacial score (nSPS) is 12.7. The van der Waals surface area contributed by atoms with Crippen LogP contribution in [0, 0.1) is 6.92 Å². The van der Waals surface area contributed by atoms with Crippen LogP contribution in [0.4, 0.5) is 0 Å². The highest BCUT2D eigenvalue weighted by molar-refractivity contribution is 5.64. The van der Waals surface area contributed by atoms with Crippen molar-refractivity contribution >= 4 is 0 Å². The predicted molar refractivity (Wildman–Crippen MR) is 88.9 cm³/mol. The van der Waals surface area contributed by atoms with Crippen molar-refractivity contribution in [3.63, 3.8) is 0 Å². The van der Waals surface area contributed by atoms with Crippen LogP contribution in [-0.2, 0) is 11.0 Å². The first-order chi connectivity index (χ1) is 9.51. The SMILES string of the molecule is Cc1ccc(-c2[nH]n(C(C)(C)C)c(=O)c2C(C)(C)C)cc1. The molecule has 3 nitrogen and oxygen atoms in total. The van der Waals surface area contributed by atoms with E-state index >= 15 is 0 Å². The molecule has 0 unspecified atom stereocenters. The van der Waals surface area contributed by atoms with Gasteiger partial charge in [0.1, 0.15) is 0 Å². The van der Waals surface area contributed by atoms with E-state index in [0.29, 0.717) is 0 Å². The molecule has 1 aromatic carbocycles. The Labute approximate surface area is 127 Å². The Hall–Kier alpha value is -1.77. The van der Waals surface area contributed by atoms with Gasteiger partial charge in [0.25, 0.3) is 5.56 Å². The fraction of sp³-hybridized carbons (Fsp3) is 0.500. The van der Waals surface area contributed by atoms with Crippen molar-refractivity contribution in [2.45, 2.75) is 59.4 Å². The van der Waals surface area contributed by atoms with E-state index in [1.54, 1.807) is 4.68 Å². The summed E-state index contributed by atoms with van der Waals surface area (Å²) in [5.74, 6) is 0. The summed E-state index contributed by atoms with van der Waals surface area (Å²) in [6.07, 6.45) is 0. The average Bonchev–Trinajstić information content (AvgIpc) is 2.67. The van der Waals surface area contributed by atoms with Gasteiger partial charge in [-0.1, -0.05) is 50.6 Å². The number of nitrogens with one attached hydrogen (secondary N) is 1. The van der Waals surface area contributed by atoms with Gasteiger partial charge in [0.05, 0.1) is 11.2 Å². The molecule has 0 saturated heterocycles. The molecule has 1 aromatic heterocycles. The van der Waals surface area contributed by atoms with Gasteiger partial charge in [0.2, 0.25) is 0 Å². The second kappa shape index (κ2) is 4.90. The molecule has 1 N–H and O–H groups in total. The van der Waals surface area contributed by atoms with Crippen molar-refractivity contribution in [1.82, 2.24) is 9.78 Å². The van der Waals surface area contributed by atoms with Crippen LogP contribution in [0.25, 0.3) is 11.3 Å². The summed E-state index contributed by atoms with van der Waals surface area (Å²) in [6, 6.07) is 8.30. The van der Waals surface area contributed by atoms with Crippen LogP contribution in [-0.4, -0.2) is 9.78 Å². The summed E-state index contributed by atoms with van der Waals surface area (Å²) >= 11 is 0. The van der Waals surface area contributed by atoms with Gasteiger partial charge >= 0.3 is 0 Å². The largest absolute Gasteiger partial charge is 0.294 e. The highest BCUT2D eigenvalue weighted by Gasteiger charge is 2.29. The summed E-state index contributed by atoms with van der Waals surface area (Å²) in [5.41, 5.74) is 3.67. The number of nitrogens with zero attached hydrogens (tertiary/aromatic N) is 1. The molecule has 0 saturated carbocycles. The molecule has 0 aliphatic rings. The van der Waals surface area contributed by atoms with Crippen LogP contribution in [0.1, 0.15) is 52.7 Å². The molecule has 21 heavy (non-hydrogen) atoms. The zero-order valence-electron chi connectivity index (χ0n) is 14.2. The number of H-pyrrole nitrogens is 1. The van der Waals surface area contributed by atoms with Crippen molar-refractivity contribution in [3.8, 4) is 11.3 Å². The van der Waals surface area contributed by atoms with Crippen LogP contribution >= 0.6 is 0 Å². The second-order valence-corrected chi connectivity index (χ2v) is 7.79. The number of rotatable bonds is 1. The Balaban J connectivity index is 2.76. The molecule has 0 aliphatic carbocycles. The van der Waals surface area contributed by atoms with E-state index in [4.69, 9.17) is 0 Å². The maximum absolute atomic E-state index is 12.9. The zero-order chi connectivity index (χ0) is 16.0. The fourth-order valence-electron chi connectivity index (χ4n) is 2.53. The first kappa shape index (κ1) is 15.6. The van der Waals surface area contributed by atoms with E-state index < -0.39 is 0 Å². The highest BCUT2D eigenvalue weighted by Crippen LogP contribution is 2.30. The molecule has 0 radical (unpaired) electrons. The van der Waals surface area contributed by atoms with Crippen molar-refractivity contribution in [1.29, 1.82) is 0 Å². The molecular formula is C18H26N2O. The van der Waals surface area contributed by atoms with Gasteiger partial charge in [0, 0.05) is 5.56 Å². The fourth-order valence-corrected chi connectivity index (χ4v) is 2.53. The number of aromatic amines is 1. The predicted octanol–water partition coefficient (Wildman–Crippen LogP) is 4.20. The Morgan fingerprint density at radius 2 is 1.48 bits per heavy atom. The van der Waals surface area contributed by atoms with E-state index in [9.17, 15) is 4.79 Å². The molecule has 0 atom stereocenters. The molecule has 0 amide bonds. The van der Waals surface area contributed by atoms with Gasteiger partial charge in [-0.15, -0.1) is 0 Å². The van der Waals surface area contributed by atoms with Crippen LogP contribution in [0.5, 0.6) is 0 Å². The van der Waals surface area contributed by atoms with Gasteiger partial charge in [-0.05, 0) is 38.7 Å². The van der Waals surface area contributed by atoms with E-state index in [2.05, 4.69) is 57.1 Å². The summed E-state index contributed by atoms with van der Waals surface area (Å²) in [5, 5.41) is 3.34. The van der Waals surface area contributed by atoms with E-state index in [1.165, 1.54) is 5.56 Å². The maximum atomic E-state index is 12.9. The Kier molecular flexibility index (Phi) is 3.64. The molecule has 0 spiro atoms. The monoisotopic (exact) mass is 286 g/mol. The molecule has 2 rings (SSSR count). The number of hydrogen-bond donors (Lipinski definition) is 1. The lowest BCUT2D eigenvalue weighted by atomic mass is 9.85. The van der Waals surface area contributed by atoms with Crippen LogP contribution in [0.2, 0.25) is 0 Å². The van der Waals surface area contributed by atoms with Crippen LogP contribution in [0.3, 0.4) is 0 Å².